The van der Waals surface area contributed by atoms with Crippen molar-refractivity contribution < 1.29 is 4.79 Å². The van der Waals surface area contributed by atoms with E-state index in [1.807, 2.05) is 6.26 Å². The standard InChI is InChI=1S/C11H16N2O2S/c1-8(7-16-2)6-13-11(15)9-3-4-12-10(14)5-9/h3-5,8H,6-7H2,1-2H3,(H,12,14)(H,13,15). The Balaban J connectivity index is 2.50. The molecule has 0 spiro atoms. The monoisotopic (exact) mass is 240 g/mol. The van der Waals surface area contributed by atoms with Gasteiger partial charge in [-0.2, -0.15) is 11.8 Å². The number of hydrogen-bond donors (Lipinski definition) is 2. The maximum atomic E-state index is 11.6. The summed E-state index contributed by atoms with van der Waals surface area (Å²) in [6.07, 6.45) is 3.51. The molecule has 0 fully saturated rings. The minimum Gasteiger partial charge on any atom is -0.352 e. The number of pyridine rings is 1. The van der Waals surface area contributed by atoms with E-state index in [2.05, 4.69) is 17.2 Å². The van der Waals surface area contributed by atoms with E-state index in [4.69, 9.17) is 0 Å². The second-order valence-electron chi connectivity index (χ2n) is 3.71. The van der Waals surface area contributed by atoms with Crippen LogP contribution in [0.3, 0.4) is 0 Å². The summed E-state index contributed by atoms with van der Waals surface area (Å²) in [5, 5.41) is 2.81. The molecule has 88 valence electrons. The first-order valence-electron chi connectivity index (χ1n) is 5.09. The fourth-order valence-corrected chi connectivity index (χ4v) is 1.99. The lowest BCUT2D eigenvalue weighted by Gasteiger charge is -2.10. The number of aromatic amines is 1. The van der Waals surface area contributed by atoms with Gasteiger partial charge in [0.05, 0.1) is 0 Å². The largest absolute Gasteiger partial charge is 0.352 e. The molecule has 4 nitrogen and oxygen atoms in total. The molecule has 2 N–H and O–H groups in total. The van der Waals surface area contributed by atoms with Gasteiger partial charge in [0.2, 0.25) is 5.56 Å². The Morgan fingerprint density at radius 3 is 3.00 bits per heavy atom. The second-order valence-corrected chi connectivity index (χ2v) is 4.62. The predicted octanol–water partition coefficient (Wildman–Crippen LogP) is 1.10. The van der Waals surface area contributed by atoms with Gasteiger partial charge in [0.15, 0.2) is 0 Å². The first-order valence-corrected chi connectivity index (χ1v) is 6.48. The van der Waals surface area contributed by atoms with Crippen LogP contribution in [0, 0.1) is 5.92 Å². The SMILES string of the molecule is CSCC(C)CNC(=O)c1cc[nH]c(=O)c1. The predicted molar refractivity (Wildman–Crippen MR) is 66.9 cm³/mol. The van der Waals surface area contributed by atoms with Gasteiger partial charge in [-0.3, -0.25) is 9.59 Å². The van der Waals surface area contributed by atoms with Crippen molar-refractivity contribution in [3.63, 3.8) is 0 Å². The summed E-state index contributed by atoms with van der Waals surface area (Å²) < 4.78 is 0. The molecular weight excluding hydrogens is 224 g/mol. The van der Waals surface area contributed by atoms with Gasteiger partial charge >= 0.3 is 0 Å². The molecule has 0 saturated carbocycles. The van der Waals surface area contributed by atoms with Crippen molar-refractivity contribution in [3.05, 3.63) is 34.2 Å². The maximum absolute atomic E-state index is 11.6. The molecule has 0 aliphatic carbocycles. The Labute approximate surface area is 98.8 Å². The summed E-state index contributed by atoms with van der Waals surface area (Å²) in [5.41, 5.74) is 0.143. The quantitative estimate of drug-likeness (QED) is 0.810. The number of amides is 1. The molecule has 0 saturated heterocycles. The van der Waals surface area contributed by atoms with E-state index in [1.54, 1.807) is 17.8 Å². The van der Waals surface area contributed by atoms with Crippen LogP contribution in [0.5, 0.6) is 0 Å². The smallest absolute Gasteiger partial charge is 0.251 e. The van der Waals surface area contributed by atoms with Crippen LogP contribution in [0.1, 0.15) is 17.3 Å². The molecule has 0 aromatic carbocycles. The third kappa shape index (κ3) is 4.10. The van der Waals surface area contributed by atoms with Crippen molar-refractivity contribution in [1.82, 2.24) is 10.3 Å². The highest BCUT2D eigenvalue weighted by Crippen LogP contribution is 2.03. The number of carbonyl (C=O) groups excluding carboxylic acids is 1. The van der Waals surface area contributed by atoms with Crippen molar-refractivity contribution in [3.8, 4) is 0 Å². The van der Waals surface area contributed by atoms with Gasteiger partial charge in [-0.25, -0.2) is 0 Å². The van der Waals surface area contributed by atoms with Crippen molar-refractivity contribution in [2.75, 3.05) is 18.6 Å². The van der Waals surface area contributed by atoms with E-state index in [0.29, 0.717) is 18.0 Å². The lowest BCUT2D eigenvalue weighted by atomic mass is 10.2. The minimum atomic E-state index is -0.259. The molecule has 0 aliphatic heterocycles. The number of hydrogen-bond acceptors (Lipinski definition) is 3. The summed E-state index contributed by atoms with van der Waals surface area (Å²) >= 11 is 1.75. The van der Waals surface area contributed by atoms with Gasteiger partial charge in [0.1, 0.15) is 0 Å². The average Bonchev–Trinajstić information content (AvgIpc) is 2.26. The van der Waals surface area contributed by atoms with Crippen LogP contribution in [0.25, 0.3) is 0 Å². The summed E-state index contributed by atoms with van der Waals surface area (Å²) in [6.45, 7) is 2.71. The molecule has 1 rings (SSSR count). The number of rotatable bonds is 5. The van der Waals surface area contributed by atoms with E-state index in [-0.39, 0.29) is 11.5 Å². The molecular formula is C11H16N2O2S. The van der Waals surface area contributed by atoms with Crippen LogP contribution in [0.2, 0.25) is 0 Å². The van der Waals surface area contributed by atoms with Gasteiger partial charge in [-0.1, -0.05) is 6.92 Å². The molecule has 0 radical (unpaired) electrons. The third-order valence-corrected chi connectivity index (χ3v) is 3.00. The highest BCUT2D eigenvalue weighted by atomic mass is 32.2. The van der Waals surface area contributed by atoms with Gasteiger partial charge in [0.25, 0.3) is 5.91 Å². The van der Waals surface area contributed by atoms with Crippen molar-refractivity contribution in [2.45, 2.75) is 6.92 Å². The zero-order chi connectivity index (χ0) is 12.0. The Morgan fingerprint density at radius 2 is 2.38 bits per heavy atom. The highest BCUT2D eigenvalue weighted by Gasteiger charge is 2.07. The lowest BCUT2D eigenvalue weighted by Crippen LogP contribution is -2.29. The van der Waals surface area contributed by atoms with Crippen LogP contribution in [0.15, 0.2) is 23.1 Å². The van der Waals surface area contributed by atoms with E-state index in [9.17, 15) is 9.59 Å². The minimum absolute atomic E-state index is 0.195. The molecule has 0 aliphatic rings. The molecule has 0 bridgehead atoms. The van der Waals surface area contributed by atoms with Crippen LogP contribution >= 0.6 is 11.8 Å². The van der Waals surface area contributed by atoms with Gasteiger partial charge in [-0.05, 0) is 24.0 Å². The number of aromatic nitrogens is 1. The van der Waals surface area contributed by atoms with Crippen molar-refractivity contribution in [1.29, 1.82) is 0 Å². The second kappa shape index (κ2) is 6.37. The third-order valence-electron chi connectivity index (χ3n) is 2.10. The van der Waals surface area contributed by atoms with Crippen LogP contribution in [-0.4, -0.2) is 29.4 Å². The molecule has 1 aromatic heterocycles. The maximum Gasteiger partial charge on any atom is 0.251 e. The van der Waals surface area contributed by atoms with Crippen LogP contribution in [0.4, 0.5) is 0 Å². The van der Waals surface area contributed by atoms with E-state index in [0.717, 1.165) is 5.75 Å². The van der Waals surface area contributed by atoms with Gasteiger partial charge in [-0.15, -0.1) is 0 Å². The molecule has 1 amide bonds. The van der Waals surface area contributed by atoms with E-state index < -0.39 is 0 Å². The van der Waals surface area contributed by atoms with Crippen LogP contribution < -0.4 is 10.9 Å². The van der Waals surface area contributed by atoms with Crippen LogP contribution in [-0.2, 0) is 0 Å². The Kier molecular flexibility index (Phi) is 5.11. The molecule has 16 heavy (non-hydrogen) atoms. The molecule has 1 aromatic rings. The summed E-state index contributed by atoms with van der Waals surface area (Å²) in [4.78, 5) is 25.1. The Morgan fingerprint density at radius 1 is 1.62 bits per heavy atom. The zero-order valence-electron chi connectivity index (χ0n) is 9.45. The molecule has 5 heteroatoms. The molecule has 1 unspecified atom stereocenters. The van der Waals surface area contributed by atoms with E-state index in [1.165, 1.54) is 12.3 Å². The van der Waals surface area contributed by atoms with Gasteiger partial charge in [0, 0.05) is 24.4 Å². The summed E-state index contributed by atoms with van der Waals surface area (Å²) in [6, 6.07) is 2.89. The van der Waals surface area contributed by atoms with Crippen molar-refractivity contribution in [2.24, 2.45) is 5.92 Å². The normalized spacial score (nSPS) is 12.1. The Bertz CT molecular complexity index is 403. The lowest BCUT2D eigenvalue weighted by molar-refractivity contribution is 0.0949. The fraction of sp³-hybridized carbons (Fsp3) is 0.455. The number of H-pyrrole nitrogens is 1. The number of carbonyl (C=O) groups is 1. The zero-order valence-corrected chi connectivity index (χ0v) is 10.3. The van der Waals surface area contributed by atoms with Gasteiger partial charge < -0.3 is 10.3 Å². The number of thioether (sulfide) groups is 1. The first-order chi connectivity index (χ1) is 7.63. The molecule has 1 atom stereocenters. The highest BCUT2D eigenvalue weighted by molar-refractivity contribution is 7.98. The summed E-state index contributed by atoms with van der Waals surface area (Å²) in [5.74, 6) is 1.25. The number of nitrogens with one attached hydrogen (secondary N) is 2. The van der Waals surface area contributed by atoms with Crippen molar-refractivity contribution >= 4 is 17.7 Å². The first kappa shape index (κ1) is 12.8. The topological polar surface area (TPSA) is 62.0 Å². The molecule has 1 heterocycles. The Hall–Kier alpha value is -1.23. The summed E-state index contributed by atoms with van der Waals surface area (Å²) in [7, 11) is 0. The van der Waals surface area contributed by atoms with E-state index >= 15 is 0 Å². The average molecular weight is 240 g/mol. The fourth-order valence-electron chi connectivity index (χ4n) is 1.30.